The van der Waals surface area contributed by atoms with Gasteiger partial charge in [0.15, 0.2) is 0 Å². The number of nitrogens with zero attached hydrogens (tertiary/aromatic N) is 2. The highest BCUT2D eigenvalue weighted by atomic mass is 79.9. The van der Waals surface area contributed by atoms with Crippen LogP contribution < -0.4 is 9.62 Å². The molecule has 10 heteroatoms. The van der Waals surface area contributed by atoms with Crippen LogP contribution in [0.2, 0.25) is 0 Å². The number of hydrogen-bond donors (Lipinski definition) is 1. The van der Waals surface area contributed by atoms with Gasteiger partial charge in [0.25, 0.3) is 0 Å². The highest BCUT2D eigenvalue weighted by molar-refractivity contribution is 9.10. The maximum Gasteiger partial charge on any atom is 0.244 e. The molecule has 1 saturated carbocycles. The zero-order valence-corrected chi connectivity index (χ0v) is 21.6. The van der Waals surface area contributed by atoms with Crippen LogP contribution in [-0.2, 0) is 26.2 Å². The average molecular weight is 554 g/mol. The summed E-state index contributed by atoms with van der Waals surface area (Å²) in [4.78, 5) is 27.8. The largest absolute Gasteiger partial charge is 0.352 e. The van der Waals surface area contributed by atoms with Gasteiger partial charge >= 0.3 is 0 Å². The summed E-state index contributed by atoms with van der Waals surface area (Å²) >= 11 is 3.33. The summed E-state index contributed by atoms with van der Waals surface area (Å²) in [5, 5.41) is 3.00. The van der Waals surface area contributed by atoms with Gasteiger partial charge in [-0.25, -0.2) is 12.8 Å². The smallest absolute Gasteiger partial charge is 0.244 e. The summed E-state index contributed by atoms with van der Waals surface area (Å²) in [7, 11) is -3.79. The van der Waals surface area contributed by atoms with Crippen molar-refractivity contribution in [3.8, 4) is 0 Å². The Morgan fingerprint density at radius 3 is 2.38 bits per heavy atom. The van der Waals surface area contributed by atoms with Crippen LogP contribution in [0.3, 0.4) is 0 Å². The van der Waals surface area contributed by atoms with Gasteiger partial charge in [-0.15, -0.1) is 0 Å². The number of carbonyl (C=O) groups excluding carboxylic acids is 2. The SMILES string of the molecule is C[C@@H](C(=O)NC1CCCC1)N(Cc1ccc(F)cc1)C(=O)CN(c1cccc(Br)c1)S(C)(=O)=O. The van der Waals surface area contributed by atoms with Crippen molar-refractivity contribution in [1.82, 2.24) is 10.2 Å². The van der Waals surface area contributed by atoms with Gasteiger partial charge in [0.05, 0.1) is 11.9 Å². The van der Waals surface area contributed by atoms with E-state index in [-0.39, 0.29) is 18.5 Å². The van der Waals surface area contributed by atoms with E-state index in [1.807, 2.05) is 0 Å². The first kappa shape index (κ1) is 26.2. The third kappa shape index (κ3) is 7.02. The van der Waals surface area contributed by atoms with Gasteiger partial charge in [0, 0.05) is 17.1 Å². The molecule has 7 nitrogen and oxygen atoms in total. The predicted octanol–water partition coefficient (Wildman–Crippen LogP) is 3.83. The van der Waals surface area contributed by atoms with Crippen molar-refractivity contribution >= 4 is 43.5 Å². The standard InChI is InChI=1S/C24H29BrFN3O4S/c1-17(24(31)27-21-7-3-4-8-21)28(15-18-10-12-20(26)13-11-18)23(30)16-29(34(2,32)33)22-9-5-6-19(25)14-22/h5-6,9-14,17,21H,3-4,7-8,15-16H2,1-2H3,(H,27,31)/t17-/m0/s1. The normalized spacial score (nSPS) is 15.1. The third-order valence-electron chi connectivity index (χ3n) is 5.91. The Hall–Kier alpha value is -2.46. The van der Waals surface area contributed by atoms with E-state index in [2.05, 4.69) is 21.2 Å². The first-order valence-electron chi connectivity index (χ1n) is 11.1. The number of halogens is 2. The maximum absolute atomic E-state index is 13.5. The van der Waals surface area contributed by atoms with Gasteiger partial charge in [-0.1, -0.05) is 47.0 Å². The molecule has 184 valence electrons. The molecule has 3 rings (SSSR count). The van der Waals surface area contributed by atoms with Crippen molar-refractivity contribution in [2.75, 3.05) is 17.1 Å². The molecule has 1 N–H and O–H groups in total. The van der Waals surface area contributed by atoms with Crippen molar-refractivity contribution in [3.63, 3.8) is 0 Å². The quantitative estimate of drug-likeness (QED) is 0.511. The number of nitrogens with one attached hydrogen (secondary N) is 1. The van der Waals surface area contributed by atoms with Gasteiger partial charge in [0.2, 0.25) is 21.8 Å². The molecule has 0 aromatic heterocycles. The highest BCUT2D eigenvalue weighted by Gasteiger charge is 2.31. The summed E-state index contributed by atoms with van der Waals surface area (Å²) in [6, 6.07) is 11.5. The second-order valence-corrected chi connectivity index (χ2v) is 11.4. The molecule has 0 bridgehead atoms. The fourth-order valence-electron chi connectivity index (χ4n) is 4.01. The zero-order valence-electron chi connectivity index (χ0n) is 19.2. The van der Waals surface area contributed by atoms with E-state index in [1.165, 1.54) is 17.0 Å². The van der Waals surface area contributed by atoms with E-state index in [1.54, 1.807) is 43.3 Å². The summed E-state index contributed by atoms with van der Waals surface area (Å²) in [5.74, 6) is -1.24. The molecule has 0 saturated heterocycles. The number of hydrogen-bond acceptors (Lipinski definition) is 4. The van der Waals surface area contributed by atoms with Crippen LogP contribution in [0.1, 0.15) is 38.2 Å². The number of amides is 2. The molecule has 1 aliphatic rings. The lowest BCUT2D eigenvalue weighted by molar-refractivity contribution is -0.139. The molecule has 0 radical (unpaired) electrons. The summed E-state index contributed by atoms with van der Waals surface area (Å²) in [6.07, 6.45) is 4.92. The van der Waals surface area contributed by atoms with E-state index in [0.717, 1.165) is 36.2 Å². The molecule has 0 unspecified atom stereocenters. The Morgan fingerprint density at radius 2 is 1.79 bits per heavy atom. The van der Waals surface area contributed by atoms with Gasteiger partial charge in [0.1, 0.15) is 18.4 Å². The number of carbonyl (C=O) groups is 2. The van der Waals surface area contributed by atoms with E-state index in [4.69, 9.17) is 0 Å². The number of sulfonamides is 1. The number of rotatable bonds is 9. The molecule has 1 atom stereocenters. The van der Waals surface area contributed by atoms with Crippen LogP contribution in [0.5, 0.6) is 0 Å². The fourth-order valence-corrected chi connectivity index (χ4v) is 5.23. The first-order chi connectivity index (χ1) is 16.0. The molecule has 2 aromatic carbocycles. The van der Waals surface area contributed by atoms with E-state index in [0.29, 0.717) is 15.7 Å². The maximum atomic E-state index is 13.5. The number of anilines is 1. The topological polar surface area (TPSA) is 86.8 Å². The minimum Gasteiger partial charge on any atom is -0.352 e. The lowest BCUT2D eigenvalue weighted by Gasteiger charge is -2.32. The van der Waals surface area contributed by atoms with Crippen LogP contribution >= 0.6 is 15.9 Å². The number of benzene rings is 2. The molecule has 0 aliphatic heterocycles. The van der Waals surface area contributed by atoms with Crippen LogP contribution in [0.15, 0.2) is 53.0 Å². The lowest BCUT2D eigenvalue weighted by Crippen LogP contribution is -2.52. The van der Waals surface area contributed by atoms with E-state index < -0.39 is 34.3 Å². The van der Waals surface area contributed by atoms with Gasteiger partial charge in [-0.2, -0.15) is 0 Å². The van der Waals surface area contributed by atoms with Crippen molar-refractivity contribution in [1.29, 1.82) is 0 Å². The Labute approximate surface area is 208 Å². The van der Waals surface area contributed by atoms with Crippen molar-refractivity contribution in [3.05, 3.63) is 64.4 Å². The van der Waals surface area contributed by atoms with Crippen molar-refractivity contribution < 1.29 is 22.4 Å². The third-order valence-corrected chi connectivity index (χ3v) is 7.54. The van der Waals surface area contributed by atoms with Gasteiger partial charge < -0.3 is 10.2 Å². The minimum atomic E-state index is -3.79. The minimum absolute atomic E-state index is 0.0362. The first-order valence-corrected chi connectivity index (χ1v) is 13.8. The molecule has 0 spiro atoms. The Balaban J connectivity index is 1.87. The Morgan fingerprint density at radius 1 is 1.15 bits per heavy atom. The van der Waals surface area contributed by atoms with Gasteiger partial charge in [-0.3, -0.25) is 13.9 Å². The van der Waals surface area contributed by atoms with E-state index in [9.17, 15) is 22.4 Å². The van der Waals surface area contributed by atoms with Crippen LogP contribution in [-0.4, -0.2) is 50.0 Å². The zero-order chi connectivity index (χ0) is 24.9. The van der Waals surface area contributed by atoms with Gasteiger partial charge in [-0.05, 0) is 55.7 Å². The monoisotopic (exact) mass is 553 g/mol. The van der Waals surface area contributed by atoms with E-state index >= 15 is 0 Å². The summed E-state index contributed by atoms with van der Waals surface area (Å²) in [6.45, 7) is 1.18. The molecule has 1 aliphatic carbocycles. The molecular weight excluding hydrogens is 525 g/mol. The Bertz CT molecular complexity index is 1120. The van der Waals surface area contributed by atoms with Crippen LogP contribution in [0.4, 0.5) is 10.1 Å². The van der Waals surface area contributed by atoms with Crippen molar-refractivity contribution in [2.24, 2.45) is 0 Å². The molecule has 2 amide bonds. The Kier molecular flexibility index (Phi) is 8.70. The molecular formula is C24H29BrFN3O4S. The second-order valence-electron chi connectivity index (χ2n) is 8.56. The molecule has 2 aromatic rings. The molecule has 0 heterocycles. The van der Waals surface area contributed by atoms with Crippen molar-refractivity contribution in [2.45, 2.75) is 51.2 Å². The molecule has 1 fully saturated rings. The average Bonchev–Trinajstić information content (AvgIpc) is 3.28. The summed E-state index contributed by atoms with van der Waals surface area (Å²) < 4.78 is 40.2. The fraction of sp³-hybridized carbons (Fsp3) is 0.417. The molecule has 34 heavy (non-hydrogen) atoms. The lowest BCUT2D eigenvalue weighted by atomic mass is 10.1. The summed E-state index contributed by atoms with van der Waals surface area (Å²) in [5.41, 5.74) is 0.957. The van der Waals surface area contributed by atoms with Crippen LogP contribution in [0.25, 0.3) is 0 Å². The van der Waals surface area contributed by atoms with Crippen LogP contribution in [0, 0.1) is 5.82 Å². The second kappa shape index (κ2) is 11.3. The highest BCUT2D eigenvalue weighted by Crippen LogP contribution is 2.23. The predicted molar refractivity (Wildman–Crippen MR) is 133 cm³/mol.